The number of nitrogens with zero attached hydrogens (tertiary/aromatic N) is 4. The van der Waals surface area contributed by atoms with Gasteiger partial charge in [-0.3, -0.25) is 4.98 Å². The minimum Gasteiger partial charge on any atom is -0.409 e. The predicted molar refractivity (Wildman–Crippen MR) is 64.4 cm³/mol. The summed E-state index contributed by atoms with van der Waals surface area (Å²) in [4.78, 5) is 8.43. The van der Waals surface area contributed by atoms with E-state index in [1.165, 1.54) is 0 Å². The molecule has 3 N–H and O–H groups in total. The van der Waals surface area contributed by atoms with Gasteiger partial charge >= 0.3 is 0 Å². The van der Waals surface area contributed by atoms with Crippen LogP contribution in [0.5, 0.6) is 0 Å². The summed E-state index contributed by atoms with van der Waals surface area (Å²) in [5, 5.41) is 11.5. The summed E-state index contributed by atoms with van der Waals surface area (Å²) in [6, 6.07) is 1.70. The van der Waals surface area contributed by atoms with E-state index in [4.69, 9.17) is 15.7 Å². The molecular formula is C11H13N5O2. The summed E-state index contributed by atoms with van der Waals surface area (Å²) >= 11 is 0. The molecule has 7 nitrogen and oxygen atoms in total. The molecule has 1 aliphatic rings. The highest BCUT2D eigenvalue weighted by Gasteiger charge is 2.19. The number of ether oxygens (including phenoxy) is 1. The van der Waals surface area contributed by atoms with Crippen molar-refractivity contribution in [2.24, 2.45) is 10.9 Å². The zero-order valence-electron chi connectivity index (χ0n) is 9.65. The minimum atomic E-state index is -0.0197. The average molecular weight is 247 g/mol. The zero-order chi connectivity index (χ0) is 12.5. The van der Waals surface area contributed by atoms with E-state index in [-0.39, 0.29) is 11.9 Å². The van der Waals surface area contributed by atoms with Crippen LogP contribution in [0.3, 0.4) is 0 Å². The number of imidazole rings is 1. The largest absolute Gasteiger partial charge is 0.409 e. The van der Waals surface area contributed by atoms with E-state index in [1.54, 1.807) is 18.6 Å². The SMILES string of the molecule is NC(=NO)c1cc2ncn(C[C@@H]3CCO3)c2cn1. The van der Waals surface area contributed by atoms with Gasteiger partial charge in [-0.25, -0.2) is 4.98 Å². The maximum absolute atomic E-state index is 8.60. The van der Waals surface area contributed by atoms with E-state index >= 15 is 0 Å². The van der Waals surface area contributed by atoms with Gasteiger partial charge in [0, 0.05) is 6.61 Å². The maximum atomic E-state index is 8.60. The summed E-state index contributed by atoms with van der Waals surface area (Å²) in [5.41, 5.74) is 7.58. The molecule has 1 saturated heterocycles. The van der Waals surface area contributed by atoms with E-state index in [1.807, 2.05) is 4.57 Å². The van der Waals surface area contributed by atoms with E-state index < -0.39 is 0 Å². The third-order valence-corrected chi connectivity index (χ3v) is 3.07. The summed E-state index contributed by atoms with van der Waals surface area (Å²) in [5.74, 6) is -0.0197. The first kappa shape index (κ1) is 11.0. The molecule has 2 aromatic rings. The van der Waals surface area contributed by atoms with Crippen molar-refractivity contribution < 1.29 is 9.94 Å². The van der Waals surface area contributed by atoms with Crippen LogP contribution in [0, 0.1) is 0 Å². The Balaban J connectivity index is 1.94. The van der Waals surface area contributed by atoms with Gasteiger partial charge in [0.1, 0.15) is 5.69 Å². The lowest BCUT2D eigenvalue weighted by atomic mass is 10.2. The minimum absolute atomic E-state index is 0.0197. The Morgan fingerprint density at radius 3 is 3.11 bits per heavy atom. The van der Waals surface area contributed by atoms with Gasteiger partial charge < -0.3 is 20.2 Å². The predicted octanol–water partition coefficient (Wildman–Crippen LogP) is 0.315. The highest BCUT2D eigenvalue weighted by Crippen LogP contribution is 2.18. The molecule has 1 aliphatic heterocycles. The molecular weight excluding hydrogens is 234 g/mol. The van der Waals surface area contributed by atoms with Crippen molar-refractivity contribution in [2.75, 3.05) is 6.61 Å². The first-order valence-electron chi connectivity index (χ1n) is 5.68. The van der Waals surface area contributed by atoms with Gasteiger partial charge in [-0.1, -0.05) is 5.16 Å². The summed E-state index contributed by atoms with van der Waals surface area (Å²) in [6.45, 7) is 1.62. The topological polar surface area (TPSA) is 98.6 Å². The molecule has 94 valence electrons. The lowest BCUT2D eigenvalue weighted by Crippen LogP contribution is -2.30. The molecule has 1 atom stereocenters. The number of amidine groups is 1. The number of aromatic nitrogens is 3. The fraction of sp³-hybridized carbons (Fsp3) is 0.364. The second-order valence-electron chi connectivity index (χ2n) is 4.22. The quantitative estimate of drug-likeness (QED) is 0.352. The van der Waals surface area contributed by atoms with Crippen LogP contribution >= 0.6 is 0 Å². The smallest absolute Gasteiger partial charge is 0.188 e. The average Bonchev–Trinajstić information content (AvgIpc) is 2.75. The van der Waals surface area contributed by atoms with Crippen molar-refractivity contribution >= 4 is 16.9 Å². The van der Waals surface area contributed by atoms with Crippen molar-refractivity contribution in [3.05, 3.63) is 24.3 Å². The van der Waals surface area contributed by atoms with E-state index in [0.29, 0.717) is 5.69 Å². The fourth-order valence-electron chi connectivity index (χ4n) is 1.94. The van der Waals surface area contributed by atoms with Crippen LogP contribution < -0.4 is 5.73 Å². The lowest BCUT2D eigenvalue weighted by molar-refractivity contribution is -0.0586. The standard InChI is InChI=1S/C11H13N5O2/c12-11(15-17)9-3-8-10(4-13-9)16(6-14-8)5-7-1-2-18-7/h3-4,6-7,17H,1-2,5H2,(H2,12,15)/t7-/m0/s1. The second-order valence-corrected chi connectivity index (χ2v) is 4.22. The first-order chi connectivity index (χ1) is 8.78. The van der Waals surface area contributed by atoms with Crippen molar-refractivity contribution in [2.45, 2.75) is 19.1 Å². The number of pyridine rings is 1. The number of nitrogens with two attached hydrogens (primary N) is 1. The molecule has 0 spiro atoms. The van der Waals surface area contributed by atoms with E-state index in [0.717, 1.165) is 30.6 Å². The van der Waals surface area contributed by atoms with Gasteiger partial charge in [-0.15, -0.1) is 0 Å². The van der Waals surface area contributed by atoms with Crippen molar-refractivity contribution in [3.8, 4) is 0 Å². The molecule has 0 unspecified atom stereocenters. The second kappa shape index (κ2) is 4.26. The molecule has 7 heteroatoms. The number of hydrogen-bond acceptors (Lipinski definition) is 5. The molecule has 0 aliphatic carbocycles. The summed E-state index contributed by atoms with van der Waals surface area (Å²) in [6.07, 6.45) is 4.78. The third-order valence-electron chi connectivity index (χ3n) is 3.07. The van der Waals surface area contributed by atoms with Crippen molar-refractivity contribution in [1.82, 2.24) is 14.5 Å². The van der Waals surface area contributed by atoms with Gasteiger partial charge in [0.2, 0.25) is 0 Å². The zero-order valence-corrected chi connectivity index (χ0v) is 9.65. The van der Waals surface area contributed by atoms with Crippen LogP contribution in [0.15, 0.2) is 23.7 Å². The molecule has 0 bridgehead atoms. The Hall–Kier alpha value is -2.15. The van der Waals surface area contributed by atoms with Crippen LogP contribution in [0.4, 0.5) is 0 Å². The number of oxime groups is 1. The number of fused-ring (bicyclic) bond motifs is 1. The van der Waals surface area contributed by atoms with Crippen molar-refractivity contribution in [1.29, 1.82) is 0 Å². The first-order valence-corrected chi connectivity index (χ1v) is 5.68. The van der Waals surface area contributed by atoms with Crippen LogP contribution in [0.25, 0.3) is 11.0 Å². The molecule has 1 fully saturated rings. The molecule has 0 aromatic carbocycles. The normalized spacial score (nSPS) is 20.0. The Kier molecular flexibility index (Phi) is 2.60. The van der Waals surface area contributed by atoms with Gasteiger partial charge in [0.05, 0.1) is 36.2 Å². The Labute approximate surface area is 103 Å². The Morgan fingerprint density at radius 1 is 1.61 bits per heavy atom. The fourth-order valence-corrected chi connectivity index (χ4v) is 1.94. The third kappa shape index (κ3) is 1.78. The lowest BCUT2D eigenvalue weighted by Gasteiger charge is -2.26. The number of rotatable bonds is 3. The van der Waals surface area contributed by atoms with Gasteiger partial charge in [0.15, 0.2) is 5.84 Å². The molecule has 18 heavy (non-hydrogen) atoms. The van der Waals surface area contributed by atoms with Crippen LogP contribution in [-0.2, 0) is 11.3 Å². The summed E-state index contributed by atoms with van der Waals surface area (Å²) in [7, 11) is 0. The molecule has 3 rings (SSSR count). The Morgan fingerprint density at radius 2 is 2.44 bits per heavy atom. The van der Waals surface area contributed by atoms with Crippen LogP contribution in [-0.4, -0.2) is 38.3 Å². The number of hydrogen-bond donors (Lipinski definition) is 2. The molecule has 2 aromatic heterocycles. The van der Waals surface area contributed by atoms with E-state index in [9.17, 15) is 0 Å². The highest BCUT2D eigenvalue weighted by molar-refractivity contribution is 5.97. The van der Waals surface area contributed by atoms with Gasteiger partial charge in [-0.05, 0) is 12.5 Å². The van der Waals surface area contributed by atoms with E-state index in [2.05, 4.69) is 15.1 Å². The van der Waals surface area contributed by atoms with Crippen LogP contribution in [0.2, 0.25) is 0 Å². The highest BCUT2D eigenvalue weighted by atomic mass is 16.5. The molecule has 0 saturated carbocycles. The molecule has 0 radical (unpaired) electrons. The maximum Gasteiger partial charge on any atom is 0.188 e. The molecule has 0 amide bonds. The van der Waals surface area contributed by atoms with Crippen LogP contribution in [0.1, 0.15) is 12.1 Å². The van der Waals surface area contributed by atoms with Crippen molar-refractivity contribution in [3.63, 3.8) is 0 Å². The van der Waals surface area contributed by atoms with Gasteiger partial charge in [0.25, 0.3) is 0 Å². The monoisotopic (exact) mass is 247 g/mol. The van der Waals surface area contributed by atoms with Gasteiger partial charge in [-0.2, -0.15) is 0 Å². The molecule has 3 heterocycles. The summed E-state index contributed by atoms with van der Waals surface area (Å²) < 4.78 is 7.39. The Bertz CT molecular complexity index is 602.